The summed E-state index contributed by atoms with van der Waals surface area (Å²) in [6.07, 6.45) is 1.46. The molecule has 1 N–H and O–H groups in total. The molecule has 0 bridgehead atoms. The van der Waals surface area contributed by atoms with Gasteiger partial charge in [-0.3, -0.25) is 0 Å². The van der Waals surface area contributed by atoms with Gasteiger partial charge in [-0.2, -0.15) is 0 Å². The van der Waals surface area contributed by atoms with Gasteiger partial charge in [-0.15, -0.1) is 0 Å². The molecule has 2 rings (SSSR count). The molecule has 0 amide bonds. The van der Waals surface area contributed by atoms with E-state index in [9.17, 15) is 0 Å². The molecule has 0 fully saturated rings. The van der Waals surface area contributed by atoms with E-state index in [2.05, 4.69) is 21.9 Å². The van der Waals surface area contributed by atoms with Crippen molar-refractivity contribution < 1.29 is 5.21 Å². The Hall–Kier alpha value is -2.03. The second kappa shape index (κ2) is 4.23. The van der Waals surface area contributed by atoms with Crippen LogP contribution in [0.1, 0.15) is 17.0 Å². The molecule has 0 atom stereocenters. The maximum Gasteiger partial charge on any atom is 0.0752 e. The third-order valence-corrected chi connectivity index (χ3v) is 2.68. The molecule has 3 nitrogen and oxygen atoms in total. The van der Waals surface area contributed by atoms with E-state index in [0.717, 1.165) is 22.6 Å². The number of hydrogen-bond donors (Lipinski definition) is 1. The van der Waals surface area contributed by atoms with Crippen LogP contribution in [0.15, 0.2) is 41.6 Å². The molecule has 16 heavy (non-hydrogen) atoms. The smallest absolute Gasteiger partial charge is 0.0752 e. The minimum atomic E-state index is 0.934. The summed E-state index contributed by atoms with van der Waals surface area (Å²) in [5.74, 6) is 0. The van der Waals surface area contributed by atoms with Crippen LogP contribution in [0.3, 0.4) is 0 Å². The van der Waals surface area contributed by atoms with E-state index >= 15 is 0 Å². The van der Waals surface area contributed by atoms with Crippen molar-refractivity contribution >= 4 is 6.21 Å². The van der Waals surface area contributed by atoms with Crippen LogP contribution in [0.5, 0.6) is 0 Å². The number of rotatable bonds is 2. The number of para-hydroxylation sites is 1. The predicted octanol–water partition coefficient (Wildman–Crippen LogP) is 2.90. The number of benzene rings is 1. The Balaban J connectivity index is 2.58. The first-order valence-electron chi connectivity index (χ1n) is 5.16. The zero-order chi connectivity index (χ0) is 11.5. The number of hydrogen-bond acceptors (Lipinski definition) is 2. The number of aromatic nitrogens is 1. The summed E-state index contributed by atoms with van der Waals surface area (Å²) in [7, 11) is 0. The molecular weight excluding hydrogens is 200 g/mol. The molecule has 0 aliphatic heterocycles. The Morgan fingerprint density at radius 3 is 2.50 bits per heavy atom. The zero-order valence-electron chi connectivity index (χ0n) is 9.38. The Morgan fingerprint density at radius 1 is 1.19 bits per heavy atom. The molecule has 1 heterocycles. The third-order valence-electron chi connectivity index (χ3n) is 2.68. The average molecular weight is 214 g/mol. The summed E-state index contributed by atoms with van der Waals surface area (Å²) < 4.78 is 2.14. The molecular formula is C13H14N2O. The minimum Gasteiger partial charge on any atom is -0.411 e. The van der Waals surface area contributed by atoms with E-state index in [1.165, 1.54) is 6.21 Å². The summed E-state index contributed by atoms with van der Waals surface area (Å²) in [5.41, 5.74) is 4.25. The molecule has 0 aliphatic rings. The molecule has 3 heteroatoms. The summed E-state index contributed by atoms with van der Waals surface area (Å²) in [5, 5.41) is 11.7. The molecule has 0 saturated heterocycles. The minimum absolute atomic E-state index is 0.934. The van der Waals surface area contributed by atoms with Crippen LogP contribution >= 0.6 is 0 Å². The maximum absolute atomic E-state index is 8.58. The summed E-state index contributed by atoms with van der Waals surface area (Å²) >= 11 is 0. The quantitative estimate of drug-likeness (QED) is 0.466. The topological polar surface area (TPSA) is 37.5 Å². The Morgan fingerprint density at radius 2 is 1.88 bits per heavy atom. The second-order valence-electron chi connectivity index (χ2n) is 3.74. The van der Waals surface area contributed by atoms with Gasteiger partial charge in [0.05, 0.1) is 6.21 Å². The van der Waals surface area contributed by atoms with E-state index in [1.807, 2.05) is 38.1 Å². The summed E-state index contributed by atoms with van der Waals surface area (Å²) in [6, 6.07) is 12.1. The highest BCUT2D eigenvalue weighted by molar-refractivity contribution is 5.81. The Bertz CT molecular complexity index is 512. The first kappa shape index (κ1) is 10.5. The van der Waals surface area contributed by atoms with Crippen molar-refractivity contribution in [1.29, 1.82) is 0 Å². The Labute approximate surface area is 94.6 Å². The largest absolute Gasteiger partial charge is 0.411 e. The van der Waals surface area contributed by atoms with Crippen LogP contribution in [-0.4, -0.2) is 16.0 Å². The van der Waals surface area contributed by atoms with Gasteiger partial charge in [0.15, 0.2) is 0 Å². The van der Waals surface area contributed by atoms with Crippen LogP contribution in [0.4, 0.5) is 0 Å². The van der Waals surface area contributed by atoms with Gasteiger partial charge in [-0.1, -0.05) is 23.4 Å². The van der Waals surface area contributed by atoms with Gasteiger partial charge in [0.1, 0.15) is 0 Å². The molecule has 1 aromatic carbocycles. The van der Waals surface area contributed by atoms with Crippen molar-refractivity contribution in [2.75, 3.05) is 0 Å². The standard InChI is InChI=1S/C13H14N2O/c1-10-8-12(9-14-16)11(2)15(10)13-6-4-3-5-7-13/h3-9,16H,1-2H3/b14-9-. The SMILES string of the molecule is Cc1cc(/C=N\O)c(C)n1-c1ccccc1. The zero-order valence-corrected chi connectivity index (χ0v) is 9.38. The van der Waals surface area contributed by atoms with E-state index in [-0.39, 0.29) is 0 Å². The van der Waals surface area contributed by atoms with Crippen LogP contribution in [0, 0.1) is 13.8 Å². The van der Waals surface area contributed by atoms with Gasteiger partial charge in [-0.05, 0) is 32.0 Å². The van der Waals surface area contributed by atoms with Crippen LogP contribution in [0.25, 0.3) is 5.69 Å². The van der Waals surface area contributed by atoms with E-state index in [1.54, 1.807) is 0 Å². The van der Waals surface area contributed by atoms with Crippen LogP contribution in [0.2, 0.25) is 0 Å². The third kappa shape index (κ3) is 1.72. The van der Waals surface area contributed by atoms with Crippen molar-refractivity contribution in [3.05, 3.63) is 53.3 Å². The van der Waals surface area contributed by atoms with Gasteiger partial charge in [-0.25, -0.2) is 0 Å². The number of nitrogens with zero attached hydrogens (tertiary/aromatic N) is 2. The highest BCUT2D eigenvalue weighted by Gasteiger charge is 2.08. The molecule has 1 aromatic heterocycles. The number of aryl methyl sites for hydroxylation is 1. The fourth-order valence-electron chi connectivity index (χ4n) is 1.95. The van der Waals surface area contributed by atoms with Gasteiger partial charge in [0.25, 0.3) is 0 Å². The van der Waals surface area contributed by atoms with E-state index in [0.29, 0.717) is 0 Å². The molecule has 2 aromatic rings. The predicted molar refractivity (Wildman–Crippen MR) is 64.6 cm³/mol. The highest BCUT2D eigenvalue weighted by atomic mass is 16.4. The normalized spacial score (nSPS) is 11.1. The molecule has 82 valence electrons. The van der Waals surface area contributed by atoms with Crippen molar-refractivity contribution in [2.24, 2.45) is 5.16 Å². The Kier molecular flexibility index (Phi) is 2.77. The van der Waals surface area contributed by atoms with Crippen LogP contribution < -0.4 is 0 Å². The van der Waals surface area contributed by atoms with Crippen LogP contribution in [-0.2, 0) is 0 Å². The van der Waals surface area contributed by atoms with Gasteiger partial charge < -0.3 is 9.77 Å². The van der Waals surface area contributed by atoms with Crippen molar-refractivity contribution in [1.82, 2.24) is 4.57 Å². The summed E-state index contributed by atoms with van der Waals surface area (Å²) in [6.45, 7) is 4.05. The van der Waals surface area contributed by atoms with Crippen molar-refractivity contribution in [3.8, 4) is 5.69 Å². The monoisotopic (exact) mass is 214 g/mol. The lowest BCUT2D eigenvalue weighted by Crippen LogP contribution is -1.98. The molecule has 0 radical (unpaired) electrons. The van der Waals surface area contributed by atoms with Crippen molar-refractivity contribution in [2.45, 2.75) is 13.8 Å². The molecule has 0 unspecified atom stereocenters. The highest BCUT2D eigenvalue weighted by Crippen LogP contribution is 2.19. The van der Waals surface area contributed by atoms with Gasteiger partial charge in [0.2, 0.25) is 0 Å². The lowest BCUT2D eigenvalue weighted by atomic mass is 10.2. The molecule has 0 spiro atoms. The van der Waals surface area contributed by atoms with Crippen molar-refractivity contribution in [3.63, 3.8) is 0 Å². The average Bonchev–Trinajstić information content (AvgIpc) is 2.56. The van der Waals surface area contributed by atoms with Gasteiger partial charge >= 0.3 is 0 Å². The molecule has 0 aliphatic carbocycles. The first-order valence-corrected chi connectivity index (χ1v) is 5.16. The summed E-state index contributed by atoms with van der Waals surface area (Å²) in [4.78, 5) is 0. The van der Waals surface area contributed by atoms with E-state index in [4.69, 9.17) is 5.21 Å². The fourth-order valence-corrected chi connectivity index (χ4v) is 1.95. The lowest BCUT2D eigenvalue weighted by Gasteiger charge is -2.08. The maximum atomic E-state index is 8.58. The lowest BCUT2D eigenvalue weighted by molar-refractivity contribution is 0.322. The number of oxime groups is 1. The van der Waals surface area contributed by atoms with Gasteiger partial charge in [0, 0.05) is 22.6 Å². The fraction of sp³-hybridized carbons (Fsp3) is 0.154. The second-order valence-corrected chi connectivity index (χ2v) is 3.74. The first-order chi connectivity index (χ1) is 7.74. The van der Waals surface area contributed by atoms with E-state index < -0.39 is 0 Å². The molecule has 0 saturated carbocycles.